The molecule has 0 aliphatic carbocycles. The van der Waals surface area contributed by atoms with Crippen molar-refractivity contribution < 1.29 is 0 Å². The zero-order chi connectivity index (χ0) is 13.0. The topological polar surface area (TPSA) is 24.1 Å². The van der Waals surface area contributed by atoms with Crippen LogP contribution in [0.15, 0.2) is 46.3 Å². The molecule has 2 aromatic rings. The molecule has 1 atom stereocenters. The molecule has 2 N–H and O–H groups in total. The van der Waals surface area contributed by atoms with E-state index in [0.717, 1.165) is 10.2 Å². The molecule has 0 bridgehead atoms. The van der Waals surface area contributed by atoms with Gasteiger partial charge < -0.3 is 10.6 Å². The molecule has 0 spiro atoms. The first-order valence-corrected chi connectivity index (χ1v) is 7.60. The number of hydrogen-bond donors (Lipinski definition) is 2. The van der Waals surface area contributed by atoms with Crippen LogP contribution in [0.4, 0.5) is 5.69 Å². The first kappa shape index (κ1) is 13.5. The molecule has 0 saturated heterocycles. The molecular weight excluding hydrogens is 328 g/mol. The van der Waals surface area contributed by atoms with Crippen molar-refractivity contribution in [1.29, 1.82) is 0 Å². The lowest BCUT2D eigenvalue weighted by Gasteiger charge is -2.15. The van der Waals surface area contributed by atoms with Crippen molar-refractivity contribution >= 4 is 50.3 Å². The Morgan fingerprint density at radius 2 is 2.17 bits per heavy atom. The molecule has 0 amide bonds. The highest BCUT2D eigenvalue weighted by Crippen LogP contribution is 2.19. The van der Waals surface area contributed by atoms with Gasteiger partial charge in [-0.15, -0.1) is 11.3 Å². The summed E-state index contributed by atoms with van der Waals surface area (Å²) in [6.45, 7) is 2.10. The second-order valence-corrected chi connectivity index (χ2v) is 6.15. The van der Waals surface area contributed by atoms with Crippen LogP contribution >= 0.6 is 39.5 Å². The Morgan fingerprint density at radius 1 is 1.33 bits per heavy atom. The minimum Gasteiger partial charge on any atom is -0.355 e. The van der Waals surface area contributed by atoms with Crippen LogP contribution in [-0.2, 0) is 0 Å². The minimum atomic E-state index is 0.220. The first-order chi connectivity index (χ1) is 8.65. The first-order valence-electron chi connectivity index (χ1n) is 5.51. The average molecular weight is 341 g/mol. The molecule has 0 saturated carbocycles. The van der Waals surface area contributed by atoms with Crippen LogP contribution < -0.4 is 10.6 Å². The third kappa shape index (κ3) is 3.80. The fourth-order valence-electron chi connectivity index (χ4n) is 1.54. The van der Waals surface area contributed by atoms with E-state index in [1.54, 1.807) is 11.3 Å². The van der Waals surface area contributed by atoms with Gasteiger partial charge in [0.1, 0.15) is 0 Å². The van der Waals surface area contributed by atoms with Crippen molar-refractivity contribution in [1.82, 2.24) is 5.32 Å². The molecule has 18 heavy (non-hydrogen) atoms. The molecule has 0 fully saturated rings. The van der Waals surface area contributed by atoms with Gasteiger partial charge in [0.05, 0.1) is 6.04 Å². The van der Waals surface area contributed by atoms with Gasteiger partial charge >= 0.3 is 0 Å². The van der Waals surface area contributed by atoms with E-state index >= 15 is 0 Å². The van der Waals surface area contributed by atoms with Gasteiger partial charge in [0.15, 0.2) is 5.11 Å². The van der Waals surface area contributed by atoms with Crippen molar-refractivity contribution in [3.63, 3.8) is 0 Å². The summed E-state index contributed by atoms with van der Waals surface area (Å²) in [6, 6.07) is 12.3. The minimum absolute atomic E-state index is 0.220. The second kappa shape index (κ2) is 6.31. The fraction of sp³-hybridized carbons (Fsp3) is 0.154. The molecule has 0 aliphatic heterocycles. The Balaban J connectivity index is 1.93. The Labute approximate surface area is 125 Å². The van der Waals surface area contributed by atoms with Crippen molar-refractivity contribution in [3.05, 3.63) is 51.1 Å². The molecule has 0 aliphatic rings. The van der Waals surface area contributed by atoms with Crippen LogP contribution in [-0.4, -0.2) is 5.11 Å². The van der Waals surface area contributed by atoms with Gasteiger partial charge in [0.2, 0.25) is 0 Å². The van der Waals surface area contributed by atoms with Crippen molar-refractivity contribution in [2.24, 2.45) is 0 Å². The Hall–Kier alpha value is -0.910. The fourth-order valence-corrected chi connectivity index (χ4v) is 2.97. The van der Waals surface area contributed by atoms with E-state index in [9.17, 15) is 0 Å². The lowest BCUT2D eigenvalue weighted by molar-refractivity contribution is 0.737. The molecule has 0 radical (unpaired) electrons. The number of rotatable bonds is 3. The Bertz CT molecular complexity index is 526. The van der Waals surface area contributed by atoms with E-state index in [2.05, 4.69) is 44.9 Å². The molecule has 0 unspecified atom stereocenters. The largest absolute Gasteiger partial charge is 0.355 e. The van der Waals surface area contributed by atoms with Gasteiger partial charge in [-0.2, -0.15) is 0 Å². The van der Waals surface area contributed by atoms with Crippen LogP contribution in [0, 0.1) is 0 Å². The van der Waals surface area contributed by atoms with Crippen LogP contribution in [0.3, 0.4) is 0 Å². The molecule has 5 heteroatoms. The number of hydrogen-bond acceptors (Lipinski definition) is 2. The van der Waals surface area contributed by atoms with E-state index < -0.39 is 0 Å². The summed E-state index contributed by atoms with van der Waals surface area (Å²) in [7, 11) is 0. The van der Waals surface area contributed by atoms with Crippen LogP contribution in [0.25, 0.3) is 0 Å². The number of benzene rings is 1. The SMILES string of the molecule is C[C@@H](NC(=S)Nc1cccc(Br)c1)c1cccs1. The number of thiocarbonyl (C=S) groups is 1. The van der Waals surface area contributed by atoms with E-state index in [4.69, 9.17) is 12.2 Å². The van der Waals surface area contributed by atoms with Crippen molar-refractivity contribution in [3.8, 4) is 0 Å². The van der Waals surface area contributed by atoms with E-state index in [1.165, 1.54) is 4.88 Å². The van der Waals surface area contributed by atoms with E-state index in [1.807, 2.05) is 30.3 Å². The molecule has 1 aromatic carbocycles. The van der Waals surface area contributed by atoms with Gasteiger partial charge in [0, 0.05) is 15.0 Å². The highest BCUT2D eigenvalue weighted by atomic mass is 79.9. The zero-order valence-electron chi connectivity index (χ0n) is 9.81. The van der Waals surface area contributed by atoms with Crippen LogP contribution in [0.5, 0.6) is 0 Å². The summed E-state index contributed by atoms with van der Waals surface area (Å²) in [6.07, 6.45) is 0. The average Bonchev–Trinajstić information content (AvgIpc) is 2.81. The third-order valence-electron chi connectivity index (χ3n) is 2.40. The van der Waals surface area contributed by atoms with E-state index in [0.29, 0.717) is 5.11 Å². The highest BCUT2D eigenvalue weighted by Gasteiger charge is 2.07. The zero-order valence-corrected chi connectivity index (χ0v) is 13.0. The maximum Gasteiger partial charge on any atom is 0.171 e. The van der Waals surface area contributed by atoms with Crippen LogP contribution in [0.2, 0.25) is 0 Å². The Morgan fingerprint density at radius 3 is 2.83 bits per heavy atom. The van der Waals surface area contributed by atoms with Crippen molar-refractivity contribution in [2.75, 3.05) is 5.32 Å². The van der Waals surface area contributed by atoms with Gasteiger partial charge in [-0.3, -0.25) is 0 Å². The third-order valence-corrected chi connectivity index (χ3v) is 4.17. The predicted octanol–water partition coefficient (Wildman–Crippen LogP) is 4.56. The second-order valence-electron chi connectivity index (χ2n) is 3.85. The number of halogens is 1. The van der Waals surface area contributed by atoms with Crippen LogP contribution in [0.1, 0.15) is 17.8 Å². The summed E-state index contributed by atoms with van der Waals surface area (Å²) in [5.41, 5.74) is 0.972. The summed E-state index contributed by atoms with van der Waals surface area (Å²) in [5, 5.41) is 9.14. The summed E-state index contributed by atoms with van der Waals surface area (Å²) in [5.74, 6) is 0. The summed E-state index contributed by atoms with van der Waals surface area (Å²) < 4.78 is 1.03. The monoisotopic (exact) mass is 340 g/mol. The summed E-state index contributed by atoms with van der Waals surface area (Å²) >= 11 is 10.5. The van der Waals surface area contributed by atoms with Gasteiger partial charge in [0.25, 0.3) is 0 Å². The quantitative estimate of drug-likeness (QED) is 0.801. The number of nitrogens with one attached hydrogen (secondary N) is 2. The van der Waals surface area contributed by atoms with E-state index in [-0.39, 0.29) is 6.04 Å². The van der Waals surface area contributed by atoms with Gasteiger partial charge in [-0.1, -0.05) is 28.1 Å². The molecule has 1 aromatic heterocycles. The highest BCUT2D eigenvalue weighted by molar-refractivity contribution is 9.10. The normalized spacial score (nSPS) is 11.9. The summed E-state index contributed by atoms with van der Waals surface area (Å²) in [4.78, 5) is 1.27. The van der Waals surface area contributed by atoms with Gasteiger partial charge in [-0.05, 0) is 48.8 Å². The Kier molecular flexibility index (Phi) is 4.74. The molecule has 1 heterocycles. The standard InChI is InChI=1S/C13H13BrN2S2/c1-9(12-6-3-7-18-12)15-13(17)16-11-5-2-4-10(14)8-11/h2-9H,1H3,(H2,15,16,17)/t9-/m1/s1. The van der Waals surface area contributed by atoms with Crippen molar-refractivity contribution in [2.45, 2.75) is 13.0 Å². The predicted molar refractivity (Wildman–Crippen MR) is 86.2 cm³/mol. The lowest BCUT2D eigenvalue weighted by atomic mass is 10.3. The number of thiophene rings is 1. The lowest BCUT2D eigenvalue weighted by Crippen LogP contribution is -2.30. The molecule has 94 valence electrons. The molecule has 2 nitrogen and oxygen atoms in total. The smallest absolute Gasteiger partial charge is 0.171 e. The van der Waals surface area contributed by atoms with Gasteiger partial charge in [-0.25, -0.2) is 0 Å². The maximum absolute atomic E-state index is 5.30. The number of anilines is 1. The maximum atomic E-state index is 5.30. The molecule has 2 rings (SSSR count). The molecular formula is C13H13BrN2S2.